The van der Waals surface area contributed by atoms with Crippen molar-refractivity contribution in [2.24, 2.45) is 7.05 Å². The molecular weight excluding hydrogens is 581 g/mol. The molecule has 1 atom stereocenters. The second-order valence-electron chi connectivity index (χ2n) is 10.7. The van der Waals surface area contributed by atoms with E-state index in [0.29, 0.717) is 39.4 Å². The summed E-state index contributed by atoms with van der Waals surface area (Å²) in [6.45, 7) is 11.9. The molecule has 1 unspecified atom stereocenters. The third-order valence-electron chi connectivity index (χ3n) is 6.55. The largest absolute Gasteiger partial charge is 0.462 e. The zero-order valence-corrected chi connectivity index (χ0v) is 25.8. The van der Waals surface area contributed by atoms with Gasteiger partial charge in [-0.1, -0.05) is 41.6 Å². The summed E-state index contributed by atoms with van der Waals surface area (Å²) < 4.78 is 30.7. The van der Waals surface area contributed by atoms with Crippen molar-refractivity contribution in [3.8, 4) is 0 Å². The Kier molecular flexibility index (Phi) is 8.92. The number of halogens is 2. The summed E-state index contributed by atoms with van der Waals surface area (Å²) >= 11 is 3.33. The molecule has 4 aromatic rings. The molecule has 0 bridgehead atoms. The van der Waals surface area contributed by atoms with E-state index in [0.717, 1.165) is 23.7 Å². The number of nitrogens with zero attached hydrogens (tertiary/aromatic N) is 4. The van der Waals surface area contributed by atoms with Gasteiger partial charge in [0.2, 0.25) is 0 Å². The highest BCUT2D eigenvalue weighted by Crippen LogP contribution is 2.33. The van der Waals surface area contributed by atoms with Crippen molar-refractivity contribution >= 4 is 46.7 Å². The lowest BCUT2D eigenvalue weighted by atomic mass is 9.98. The first-order valence-electron chi connectivity index (χ1n) is 12.9. The van der Waals surface area contributed by atoms with Gasteiger partial charge in [-0.15, -0.1) is 0 Å². The number of nitrogens with one attached hydrogen (secondary N) is 1. The molecule has 208 valence electrons. The highest BCUT2D eigenvalue weighted by atomic mass is 79.9. The average molecular weight is 617 g/mol. The van der Waals surface area contributed by atoms with Crippen LogP contribution < -0.4 is 5.32 Å². The van der Waals surface area contributed by atoms with Crippen molar-refractivity contribution < 1.29 is 18.7 Å². The van der Waals surface area contributed by atoms with Gasteiger partial charge in [-0.2, -0.15) is 5.10 Å². The zero-order valence-electron chi connectivity index (χ0n) is 23.2. The van der Waals surface area contributed by atoms with Crippen LogP contribution in [0.4, 0.5) is 10.1 Å². The molecule has 2 aromatic carbocycles. The van der Waals surface area contributed by atoms with Crippen LogP contribution in [0.15, 0.2) is 47.2 Å². The third kappa shape index (κ3) is 6.77. The first-order valence-corrected chi connectivity index (χ1v) is 17.4. The number of benzene rings is 2. The van der Waals surface area contributed by atoms with Crippen LogP contribution in [0, 0.1) is 12.7 Å². The number of esters is 1. The Balaban J connectivity index is 1.68. The number of carbonyl (C=O) groups excluding carboxylic acids is 1. The molecule has 2 heterocycles. The van der Waals surface area contributed by atoms with Gasteiger partial charge in [0.15, 0.2) is 0 Å². The van der Waals surface area contributed by atoms with Gasteiger partial charge < -0.3 is 19.4 Å². The number of rotatable bonds is 11. The standard InChI is InChI=1S/C28H35BrFN5O3Si/c1-7-38-28(36)25-18(2)34(3)33-27(25)26(21-10-8-19(29)14-22(21)30)32-20-9-11-24-23(15-20)31-16-35(24)17-37-12-13-39(4,5)6/h8-11,14-16,26,32H,7,12-13,17H2,1-6H3. The fourth-order valence-corrected chi connectivity index (χ4v) is 5.37. The summed E-state index contributed by atoms with van der Waals surface area (Å²) in [5, 5.41) is 8.02. The van der Waals surface area contributed by atoms with E-state index < -0.39 is 25.9 Å². The van der Waals surface area contributed by atoms with Gasteiger partial charge >= 0.3 is 5.97 Å². The number of imidazole rings is 1. The monoisotopic (exact) mass is 615 g/mol. The number of anilines is 1. The molecule has 0 fully saturated rings. The molecule has 0 aliphatic rings. The highest BCUT2D eigenvalue weighted by Gasteiger charge is 2.30. The molecule has 4 rings (SSSR count). The summed E-state index contributed by atoms with van der Waals surface area (Å²) in [4.78, 5) is 17.5. The number of aryl methyl sites for hydroxylation is 1. The number of ether oxygens (including phenoxy) is 2. The molecule has 11 heteroatoms. The molecule has 8 nitrogen and oxygen atoms in total. The van der Waals surface area contributed by atoms with Crippen molar-refractivity contribution in [1.82, 2.24) is 19.3 Å². The number of hydrogen-bond donors (Lipinski definition) is 1. The van der Waals surface area contributed by atoms with Gasteiger partial charge in [-0.25, -0.2) is 14.2 Å². The van der Waals surface area contributed by atoms with Gasteiger partial charge in [0.1, 0.15) is 23.8 Å². The van der Waals surface area contributed by atoms with E-state index >= 15 is 4.39 Å². The van der Waals surface area contributed by atoms with E-state index in [-0.39, 0.29) is 6.61 Å². The third-order valence-corrected chi connectivity index (χ3v) is 8.74. The Morgan fingerprint density at radius 1 is 1.21 bits per heavy atom. The lowest BCUT2D eigenvalue weighted by Gasteiger charge is -2.21. The molecular formula is C28H35BrFN5O3Si. The average Bonchev–Trinajstić information content (AvgIpc) is 3.40. The first kappa shape index (κ1) is 29.0. The fourth-order valence-electron chi connectivity index (χ4n) is 4.28. The Labute approximate surface area is 237 Å². The van der Waals surface area contributed by atoms with Crippen molar-refractivity contribution in [3.05, 3.63) is 75.5 Å². The summed E-state index contributed by atoms with van der Waals surface area (Å²) in [5.41, 5.74) is 4.10. The fraction of sp³-hybridized carbons (Fsp3) is 0.393. The number of aromatic nitrogens is 4. The minimum atomic E-state index is -1.16. The molecule has 0 spiro atoms. The minimum absolute atomic E-state index is 0.221. The zero-order chi connectivity index (χ0) is 28.3. The molecule has 1 N–H and O–H groups in total. The number of carbonyl (C=O) groups is 1. The van der Waals surface area contributed by atoms with E-state index in [4.69, 9.17) is 9.47 Å². The maximum atomic E-state index is 15.3. The van der Waals surface area contributed by atoms with Gasteiger partial charge in [-0.3, -0.25) is 4.68 Å². The minimum Gasteiger partial charge on any atom is -0.462 e. The molecule has 39 heavy (non-hydrogen) atoms. The first-order chi connectivity index (χ1) is 18.5. The van der Waals surface area contributed by atoms with Gasteiger partial charge in [-0.05, 0) is 50.2 Å². The van der Waals surface area contributed by atoms with Crippen LogP contribution in [0.2, 0.25) is 25.7 Å². The van der Waals surface area contributed by atoms with Crippen LogP contribution in [0.5, 0.6) is 0 Å². The smallest absolute Gasteiger partial charge is 0.341 e. The normalized spacial score (nSPS) is 12.6. The number of fused-ring (bicyclic) bond motifs is 1. The van der Waals surface area contributed by atoms with Crippen molar-refractivity contribution in [2.45, 2.75) is 52.3 Å². The Hall–Kier alpha value is -3.02. The maximum Gasteiger partial charge on any atom is 0.341 e. The van der Waals surface area contributed by atoms with Crippen molar-refractivity contribution in [3.63, 3.8) is 0 Å². The Bertz CT molecular complexity index is 1480. The predicted octanol–water partition coefficient (Wildman–Crippen LogP) is 6.67. The lowest BCUT2D eigenvalue weighted by molar-refractivity contribution is 0.0524. The van der Waals surface area contributed by atoms with Crippen LogP contribution in [-0.2, 0) is 23.3 Å². The van der Waals surface area contributed by atoms with E-state index in [1.54, 1.807) is 44.0 Å². The van der Waals surface area contributed by atoms with Crippen molar-refractivity contribution in [1.29, 1.82) is 0 Å². The Morgan fingerprint density at radius 2 is 1.97 bits per heavy atom. The summed E-state index contributed by atoms with van der Waals surface area (Å²) in [6.07, 6.45) is 1.76. The predicted molar refractivity (Wildman–Crippen MR) is 157 cm³/mol. The van der Waals surface area contributed by atoms with Gasteiger partial charge in [0.25, 0.3) is 0 Å². The molecule has 0 saturated carbocycles. The van der Waals surface area contributed by atoms with Crippen LogP contribution >= 0.6 is 15.9 Å². The summed E-state index contributed by atoms with van der Waals surface area (Å²) in [7, 11) is 0.590. The van der Waals surface area contributed by atoms with Crippen LogP contribution in [-0.4, -0.2) is 46.6 Å². The van der Waals surface area contributed by atoms with Crippen LogP contribution in [0.25, 0.3) is 11.0 Å². The molecule has 0 aliphatic heterocycles. The molecule has 0 radical (unpaired) electrons. The molecule has 0 amide bonds. The Morgan fingerprint density at radius 3 is 2.67 bits per heavy atom. The number of hydrogen-bond acceptors (Lipinski definition) is 6. The van der Waals surface area contributed by atoms with E-state index in [2.05, 4.69) is 51.0 Å². The van der Waals surface area contributed by atoms with E-state index in [1.807, 2.05) is 22.8 Å². The summed E-state index contributed by atoms with van der Waals surface area (Å²) in [5.74, 6) is -0.924. The van der Waals surface area contributed by atoms with E-state index in [1.165, 1.54) is 6.07 Å². The van der Waals surface area contributed by atoms with Gasteiger partial charge in [0.05, 0.1) is 30.0 Å². The van der Waals surface area contributed by atoms with E-state index in [9.17, 15) is 4.79 Å². The highest BCUT2D eigenvalue weighted by molar-refractivity contribution is 9.10. The van der Waals surface area contributed by atoms with Crippen LogP contribution in [0.1, 0.15) is 40.3 Å². The quantitative estimate of drug-likeness (QED) is 0.115. The lowest BCUT2D eigenvalue weighted by Crippen LogP contribution is -2.21. The molecule has 0 saturated heterocycles. The molecule has 0 aliphatic carbocycles. The van der Waals surface area contributed by atoms with Crippen molar-refractivity contribution in [2.75, 3.05) is 18.5 Å². The SMILES string of the molecule is CCOC(=O)c1c(C(Nc2ccc3c(c2)ncn3COCC[Si](C)(C)C)c2ccc(Br)cc2F)nn(C)c1C. The topological polar surface area (TPSA) is 83.2 Å². The second-order valence-corrected chi connectivity index (χ2v) is 17.2. The summed E-state index contributed by atoms with van der Waals surface area (Å²) in [6, 6.07) is 10.9. The van der Waals surface area contributed by atoms with Gasteiger partial charge in [0, 0.05) is 43.1 Å². The van der Waals surface area contributed by atoms with Crippen LogP contribution in [0.3, 0.4) is 0 Å². The maximum absolute atomic E-state index is 15.3. The molecule has 2 aromatic heterocycles. The second kappa shape index (κ2) is 12.0.